The third-order valence-corrected chi connectivity index (χ3v) is 2.99. The monoisotopic (exact) mass is 292 g/mol. The van der Waals surface area contributed by atoms with Gasteiger partial charge in [-0.15, -0.1) is 0 Å². The number of carbonyl (C=O) groups excluding carboxylic acids is 2. The molecule has 1 aromatic carbocycles. The molecule has 0 fully saturated rings. The van der Waals surface area contributed by atoms with E-state index in [1.165, 1.54) is 0 Å². The van der Waals surface area contributed by atoms with E-state index >= 15 is 0 Å². The van der Waals surface area contributed by atoms with E-state index in [1.54, 1.807) is 24.3 Å². The average Bonchev–Trinajstić information content (AvgIpc) is 2.45. The first-order valence-corrected chi connectivity index (χ1v) is 6.85. The first-order chi connectivity index (χ1) is 9.92. The Kier molecular flexibility index (Phi) is 6.39. The fourth-order valence-electron chi connectivity index (χ4n) is 1.56. The van der Waals surface area contributed by atoms with Crippen LogP contribution in [-0.2, 0) is 9.59 Å². The van der Waals surface area contributed by atoms with Gasteiger partial charge in [-0.05, 0) is 37.6 Å². The molecule has 114 valence electrons. The molecule has 0 spiro atoms. The predicted octanol–water partition coefficient (Wildman–Crippen LogP) is 2.02. The second kappa shape index (κ2) is 8.04. The molecule has 21 heavy (non-hydrogen) atoms. The summed E-state index contributed by atoms with van der Waals surface area (Å²) >= 11 is 0. The molecule has 3 N–H and O–H groups in total. The Hall–Kier alpha value is -2.37. The van der Waals surface area contributed by atoms with Gasteiger partial charge < -0.3 is 15.7 Å². The second-order valence-electron chi connectivity index (χ2n) is 4.80. The lowest BCUT2D eigenvalue weighted by molar-refractivity contribution is -0.138. The highest BCUT2D eigenvalue weighted by Gasteiger charge is 2.09. The highest BCUT2D eigenvalue weighted by molar-refractivity contribution is 5.96. The Labute approximate surface area is 123 Å². The van der Waals surface area contributed by atoms with Crippen molar-refractivity contribution in [3.05, 3.63) is 29.8 Å². The maximum Gasteiger partial charge on any atom is 0.303 e. The van der Waals surface area contributed by atoms with E-state index in [2.05, 4.69) is 10.6 Å². The number of benzene rings is 1. The molecule has 1 aromatic rings. The molecule has 6 heteroatoms. The summed E-state index contributed by atoms with van der Waals surface area (Å²) in [4.78, 5) is 33.7. The van der Waals surface area contributed by atoms with Crippen molar-refractivity contribution >= 4 is 23.5 Å². The van der Waals surface area contributed by atoms with E-state index in [0.29, 0.717) is 11.3 Å². The zero-order valence-electron chi connectivity index (χ0n) is 12.2. The minimum Gasteiger partial charge on any atom is -0.481 e. The van der Waals surface area contributed by atoms with Crippen LogP contribution in [0.4, 0.5) is 5.69 Å². The predicted molar refractivity (Wildman–Crippen MR) is 79.2 cm³/mol. The van der Waals surface area contributed by atoms with Crippen LogP contribution in [-0.4, -0.2) is 28.9 Å². The van der Waals surface area contributed by atoms with Crippen molar-refractivity contribution in [2.75, 3.05) is 5.32 Å². The molecule has 6 nitrogen and oxygen atoms in total. The molecule has 0 saturated heterocycles. The number of aliphatic carboxylic acids is 1. The standard InChI is InChI=1S/C15H20N2O4/c1-3-10(2)16-15(21)11-4-6-12(7-5-11)17-13(18)8-9-14(19)20/h4-7,10H,3,8-9H2,1-2H3,(H,16,21)(H,17,18)(H,19,20)/t10-/m1/s1. The molecule has 0 radical (unpaired) electrons. The molecule has 0 aliphatic heterocycles. The van der Waals surface area contributed by atoms with Crippen molar-refractivity contribution in [1.82, 2.24) is 5.32 Å². The number of carboxylic acid groups (broad SMARTS) is 1. The molecule has 0 aromatic heterocycles. The zero-order chi connectivity index (χ0) is 15.8. The largest absolute Gasteiger partial charge is 0.481 e. The van der Waals surface area contributed by atoms with Gasteiger partial charge in [0, 0.05) is 23.7 Å². The Morgan fingerprint density at radius 2 is 1.76 bits per heavy atom. The summed E-state index contributed by atoms with van der Waals surface area (Å²) < 4.78 is 0. The maximum atomic E-state index is 11.9. The number of nitrogens with one attached hydrogen (secondary N) is 2. The summed E-state index contributed by atoms with van der Waals surface area (Å²) in [5.74, 6) is -1.54. The zero-order valence-corrected chi connectivity index (χ0v) is 12.2. The van der Waals surface area contributed by atoms with Crippen molar-refractivity contribution in [2.24, 2.45) is 0 Å². The number of rotatable bonds is 7. The van der Waals surface area contributed by atoms with Crippen LogP contribution in [0.15, 0.2) is 24.3 Å². The molecule has 1 rings (SSSR count). The fourth-order valence-corrected chi connectivity index (χ4v) is 1.56. The third-order valence-electron chi connectivity index (χ3n) is 2.99. The fraction of sp³-hybridized carbons (Fsp3) is 0.400. The molecule has 0 aliphatic rings. The minimum absolute atomic E-state index is 0.0778. The van der Waals surface area contributed by atoms with E-state index in [4.69, 9.17) is 5.11 Å². The summed E-state index contributed by atoms with van der Waals surface area (Å²) in [5, 5.41) is 13.9. The quantitative estimate of drug-likeness (QED) is 0.716. The van der Waals surface area contributed by atoms with Gasteiger partial charge in [-0.3, -0.25) is 14.4 Å². The summed E-state index contributed by atoms with van der Waals surface area (Å²) in [5.41, 5.74) is 1.05. The van der Waals surface area contributed by atoms with Crippen molar-refractivity contribution < 1.29 is 19.5 Å². The van der Waals surface area contributed by atoms with Gasteiger partial charge in [0.2, 0.25) is 5.91 Å². The lowest BCUT2D eigenvalue weighted by atomic mass is 10.1. The van der Waals surface area contributed by atoms with Crippen LogP contribution in [0.5, 0.6) is 0 Å². The Morgan fingerprint density at radius 1 is 1.14 bits per heavy atom. The average molecular weight is 292 g/mol. The van der Waals surface area contributed by atoms with Crippen LogP contribution < -0.4 is 10.6 Å². The Balaban J connectivity index is 2.55. The van der Waals surface area contributed by atoms with Crippen LogP contribution in [0.2, 0.25) is 0 Å². The molecular formula is C15H20N2O4. The van der Waals surface area contributed by atoms with Crippen molar-refractivity contribution in [2.45, 2.75) is 39.2 Å². The van der Waals surface area contributed by atoms with E-state index in [9.17, 15) is 14.4 Å². The molecule has 2 amide bonds. The molecule has 0 heterocycles. The van der Waals surface area contributed by atoms with Gasteiger partial charge in [-0.2, -0.15) is 0 Å². The first kappa shape index (κ1) is 16.7. The van der Waals surface area contributed by atoms with E-state index < -0.39 is 5.97 Å². The first-order valence-electron chi connectivity index (χ1n) is 6.85. The van der Waals surface area contributed by atoms with E-state index in [1.807, 2.05) is 13.8 Å². The molecule has 0 unspecified atom stereocenters. The third kappa shape index (κ3) is 6.07. The highest BCUT2D eigenvalue weighted by atomic mass is 16.4. The number of carboxylic acids is 1. The highest BCUT2D eigenvalue weighted by Crippen LogP contribution is 2.10. The summed E-state index contributed by atoms with van der Waals surface area (Å²) in [6.45, 7) is 3.91. The summed E-state index contributed by atoms with van der Waals surface area (Å²) in [6, 6.07) is 6.57. The number of amides is 2. The number of hydrogen-bond acceptors (Lipinski definition) is 3. The van der Waals surface area contributed by atoms with Crippen LogP contribution >= 0.6 is 0 Å². The molecule has 0 aliphatic carbocycles. The van der Waals surface area contributed by atoms with Crippen LogP contribution in [0.3, 0.4) is 0 Å². The van der Waals surface area contributed by atoms with E-state index in [0.717, 1.165) is 6.42 Å². The van der Waals surface area contributed by atoms with Gasteiger partial charge in [0.1, 0.15) is 0 Å². The lowest BCUT2D eigenvalue weighted by Gasteiger charge is -2.11. The SMILES string of the molecule is CC[C@@H](C)NC(=O)c1ccc(NC(=O)CCC(=O)O)cc1. The van der Waals surface area contributed by atoms with Gasteiger partial charge >= 0.3 is 5.97 Å². The van der Waals surface area contributed by atoms with Crippen molar-refractivity contribution in [3.63, 3.8) is 0 Å². The van der Waals surface area contributed by atoms with Gasteiger partial charge in [0.25, 0.3) is 5.91 Å². The molecule has 0 bridgehead atoms. The van der Waals surface area contributed by atoms with Gasteiger partial charge in [0.15, 0.2) is 0 Å². The lowest BCUT2D eigenvalue weighted by Crippen LogP contribution is -2.31. The number of hydrogen-bond donors (Lipinski definition) is 3. The smallest absolute Gasteiger partial charge is 0.303 e. The van der Waals surface area contributed by atoms with Gasteiger partial charge in [0.05, 0.1) is 6.42 Å². The molecule has 0 saturated carbocycles. The molecular weight excluding hydrogens is 272 g/mol. The van der Waals surface area contributed by atoms with Gasteiger partial charge in [-0.1, -0.05) is 6.92 Å². The Morgan fingerprint density at radius 3 is 2.29 bits per heavy atom. The van der Waals surface area contributed by atoms with Crippen molar-refractivity contribution in [1.29, 1.82) is 0 Å². The normalized spacial score (nSPS) is 11.5. The van der Waals surface area contributed by atoms with Crippen LogP contribution in [0.1, 0.15) is 43.5 Å². The summed E-state index contributed by atoms with van der Waals surface area (Å²) in [6.07, 6.45) is 0.566. The molecule has 1 atom stereocenters. The topological polar surface area (TPSA) is 95.5 Å². The van der Waals surface area contributed by atoms with Crippen LogP contribution in [0, 0.1) is 0 Å². The summed E-state index contributed by atoms with van der Waals surface area (Å²) in [7, 11) is 0. The Bertz CT molecular complexity index is 511. The number of anilines is 1. The van der Waals surface area contributed by atoms with Crippen molar-refractivity contribution in [3.8, 4) is 0 Å². The van der Waals surface area contributed by atoms with Crippen LogP contribution in [0.25, 0.3) is 0 Å². The maximum absolute atomic E-state index is 11.9. The van der Waals surface area contributed by atoms with E-state index in [-0.39, 0.29) is 30.7 Å². The minimum atomic E-state index is -1.01. The van der Waals surface area contributed by atoms with Gasteiger partial charge in [-0.25, -0.2) is 0 Å². The number of carbonyl (C=O) groups is 3. The second-order valence-corrected chi connectivity index (χ2v) is 4.80.